The van der Waals surface area contributed by atoms with E-state index in [9.17, 15) is 13.2 Å². The molecule has 1 aromatic carbocycles. The number of carbonyl (C=O) groups is 1. The molecule has 0 unspecified atom stereocenters. The van der Waals surface area contributed by atoms with Crippen molar-refractivity contribution in [1.82, 2.24) is 9.80 Å². The van der Waals surface area contributed by atoms with Crippen LogP contribution in [0.4, 0.5) is 10.5 Å². The van der Waals surface area contributed by atoms with Crippen molar-refractivity contribution in [2.45, 2.75) is 18.9 Å². The average Bonchev–Trinajstić information content (AvgIpc) is 2.91. The number of methoxy groups -OCH3 is 1. The first kappa shape index (κ1) is 19.5. The summed E-state index contributed by atoms with van der Waals surface area (Å²) in [5, 5.41) is 2.86. The van der Waals surface area contributed by atoms with Gasteiger partial charge >= 0.3 is 6.03 Å². The minimum Gasteiger partial charge on any atom is -0.495 e. The van der Waals surface area contributed by atoms with Crippen LogP contribution in [-0.4, -0.2) is 76.1 Å². The smallest absolute Gasteiger partial charge is 0.322 e. The Morgan fingerprint density at radius 2 is 2.00 bits per heavy atom. The minimum absolute atomic E-state index is 0.0360. The summed E-state index contributed by atoms with van der Waals surface area (Å²) >= 11 is 0. The zero-order chi connectivity index (χ0) is 18.4. The van der Waals surface area contributed by atoms with Crippen molar-refractivity contribution in [3.63, 3.8) is 0 Å². The number of hydrogen-bond donors (Lipinski definition) is 1. The lowest BCUT2D eigenvalue weighted by Gasteiger charge is -2.29. The molecule has 1 fully saturated rings. The van der Waals surface area contributed by atoms with Crippen molar-refractivity contribution in [3.8, 4) is 5.75 Å². The van der Waals surface area contributed by atoms with Crippen molar-refractivity contribution in [3.05, 3.63) is 24.3 Å². The Labute approximate surface area is 149 Å². The molecule has 0 saturated carbocycles. The molecule has 0 spiro atoms. The lowest BCUT2D eigenvalue weighted by Crippen LogP contribution is -2.44. The molecule has 1 aliphatic heterocycles. The van der Waals surface area contributed by atoms with Crippen molar-refractivity contribution < 1.29 is 17.9 Å². The Kier molecular flexibility index (Phi) is 6.66. The summed E-state index contributed by atoms with van der Waals surface area (Å²) in [6.07, 6.45) is 1.27. The van der Waals surface area contributed by atoms with Gasteiger partial charge in [0.15, 0.2) is 9.84 Å². The molecule has 1 aliphatic rings. The van der Waals surface area contributed by atoms with Crippen LogP contribution in [0.15, 0.2) is 24.3 Å². The second kappa shape index (κ2) is 8.53. The zero-order valence-electron chi connectivity index (χ0n) is 15.1. The van der Waals surface area contributed by atoms with E-state index >= 15 is 0 Å². The van der Waals surface area contributed by atoms with Gasteiger partial charge in [0.05, 0.1) is 24.3 Å². The quantitative estimate of drug-likeness (QED) is 0.791. The molecule has 1 N–H and O–H groups in total. The Balaban J connectivity index is 2.11. The average molecular weight is 369 g/mol. The maximum Gasteiger partial charge on any atom is 0.322 e. The maximum absolute atomic E-state index is 12.8. The Hall–Kier alpha value is -1.80. The van der Waals surface area contributed by atoms with Gasteiger partial charge in [-0.25, -0.2) is 13.2 Å². The van der Waals surface area contributed by atoms with Gasteiger partial charge < -0.3 is 19.9 Å². The van der Waals surface area contributed by atoms with Crippen LogP contribution < -0.4 is 10.1 Å². The molecule has 0 radical (unpaired) electrons. The SMILES string of the molecule is COc1ccccc1NC(=O)N(CCCN(C)C)[C@H]1CCS(=O)(=O)C1. The molecule has 140 valence electrons. The summed E-state index contributed by atoms with van der Waals surface area (Å²) in [5.41, 5.74) is 0.577. The van der Waals surface area contributed by atoms with Crippen LogP contribution in [0.3, 0.4) is 0 Å². The summed E-state index contributed by atoms with van der Waals surface area (Å²) in [5.74, 6) is 0.751. The zero-order valence-corrected chi connectivity index (χ0v) is 15.9. The van der Waals surface area contributed by atoms with Gasteiger partial charge in [0.1, 0.15) is 5.75 Å². The monoisotopic (exact) mass is 369 g/mol. The number of rotatable bonds is 7. The fraction of sp³-hybridized carbons (Fsp3) is 0.588. The van der Waals surface area contributed by atoms with Crippen molar-refractivity contribution in [2.75, 3.05) is 51.1 Å². The predicted molar refractivity (Wildman–Crippen MR) is 98.9 cm³/mol. The number of sulfone groups is 1. The molecule has 25 heavy (non-hydrogen) atoms. The van der Waals surface area contributed by atoms with Crippen molar-refractivity contribution >= 4 is 21.6 Å². The van der Waals surface area contributed by atoms with Gasteiger partial charge in [0, 0.05) is 12.6 Å². The minimum atomic E-state index is -3.06. The largest absolute Gasteiger partial charge is 0.495 e. The number of urea groups is 1. The van der Waals surface area contributed by atoms with E-state index in [-0.39, 0.29) is 23.6 Å². The van der Waals surface area contributed by atoms with Gasteiger partial charge in [-0.05, 0) is 45.6 Å². The molecule has 7 nitrogen and oxygen atoms in total. The number of amides is 2. The van der Waals surface area contributed by atoms with Crippen LogP contribution >= 0.6 is 0 Å². The Morgan fingerprint density at radius 3 is 2.60 bits per heavy atom. The van der Waals surface area contributed by atoms with Crippen LogP contribution in [0.2, 0.25) is 0 Å². The summed E-state index contributed by atoms with van der Waals surface area (Å²) in [4.78, 5) is 16.5. The number of benzene rings is 1. The normalized spacial score (nSPS) is 19.0. The van der Waals surface area contributed by atoms with E-state index in [1.807, 2.05) is 31.1 Å². The fourth-order valence-electron chi connectivity index (χ4n) is 2.96. The number of nitrogens with one attached hydrogen (secondary N) is 1. The molecule has 1 saturated heterocycles. The van der Waals surface area contributed by atoms with Gasteiger partial charge in [-0.3, -0.25) is 0 Å². The first-order valence-electron chi connectivity index (χ1n) is 8.38. The van der Waals surface area contributed by atoms with Crippen LogP contribution in [0.1, 0.15) is 12.8 Å². The molecule has 1 atom stereocenters. The highest BCUT2D eigenvalue weighted by atomic mass is 32.2. The second-order valence-corrected chi connectivity index (χ2v) is 8.77. The fourth-order valence-corrected chi connectivity index (χ4v) is 4.69. The molecule has 0 aliphatic carbocycles. The molecule has 0 bridgehead atoms. The third-order valence-corrected chi connectivity index (χ3v) is 6.01. The van der Waals surface area contributed by atoms with Crippen LogP contribution in [0.25, 0.3) is 0 Å². The topological polar surface area (TPSA) is 79.0 Å². The summed E-state index contributed by atoms with van der Waals surface area (Å²) in [6.45, 7) is 1.34. The Morgan fingerprint density at radius 1 is 1.28 bits per heavy atom. The predicted octanol–water partition coefficient (Wildman–Crippen LogP) is 1.67. The van der Waals surface area contributed by atoms with E-state index in [2.05, 4.69) is 5.32 Å². The molecule has 2 rings (SSSR count). The number of hydrogen-bond acceptors (Lipinski definition) is 5. The van der Waals surface area contributed by atoms with Crippen LogP contribution in [0, 0.1) is 0 Å². The first-order chi connectivity index (χ1) is 11.8. The lowest BCUT2D eigenvalue weighted by atomic mass is 10.2. The van der Waals surface area contributed by atoms with Crippen LogP contribution in [0.5, 0.6) is 5.75 Å². The molecule has 8 heteroatoms. The molecule has 2 amide bonds. The number of anilines is 1. The van der Waals surface area contributed by atoms with Crippen LogP contribution in [-0.2, 0) is 9.84 Å². The van der Waals surface area contributed by atoms with E-state index in [1.54, 1.807) is 24.1 Å². The number of para-hydroxylation sites is 2. The highest BCUT2D eigenvalue weighted by Gasteiger charge is 2.34. The molecule has 1 heterocycles. The van der Waals surface area contributed by atoms with Gasteiger partial charge in [0.25, 0.3) is 0 Å². The van der Waals surface area contributed by atoms with E-state index in [1.165, 1.54) is 0 Å². The highest BCUT2D eigenvalue weighted by molar-refractivity contribution is 7.91. The van der Waals surface area contributed by atoms with E-state index in [0.29, 0.717) is 24.4 Å². The first-order valence-corrected chi connectivity index (χ1v) is 10.2. The lowest BCUT2D eigenvalue weighted by molar-refractivity contribution is 0.190. The van der Waals surface area contributed by atoms with Gasteiger partial charge in [-0.15, -0.1) is 0 Å². The van der Waals surface area contributed by atoms with E-state index in [4.69, 9.17) is 4.74 Å². The maximum atomic E-state index is 12.8. The van der Waals surface area contributed by atoms with Gasteiger partial charge in [-0.2, -0.15) is 0 Å². The number of nitrogens with zero attached hydrogens (tertiary/aromatic N) is 2. The third-order valence-electron chi connectivity index (χ3n) is 4.26. The Bertz CT molecular complexity index is 691. The summed E-state index contributed by atoms with van der Waals surface area (Å²) < 4.78 is 28.9. The molecular formula is C17H27N3O4S. The number of carbonyl (C=O) groups excluding carboxylic acids is 1. The van der Waals surface area contributed by atoms with Crippen molar-refractivity contribution in [2.24, 2.45) is 0 Å². The molecule has 1 aromatic rings. The third kappa shape index (κ3) is 5.61. The van der Waals surface area contributed by atoms with Gasteiger partial charge in [-0.1, -0.05) is 12.1 Å². The van der Waals surface area contributed by atoms with E-state index < -0.39 is 9.84 Å². The summed E-state index contributed by atoms with van der Waals surface area (Å²) in [7, 11) is 2.43. The number of ether oxygens (including phenoxy) is 1. The molecular weight excluding hydrogens is 342 g/mol. The van der Waals surface area contributed by atoms with Gasteiger partial charge in [0.2, 0.25) is 0 Å². The highest BCUT2D eigenvalue weighted by Crippen LogP contribution is 2.25. The standard InChI is InChI=1S/C17H27N3O4S/c1-19(2)10-6-11-20(14-9-12-25(22,23)13-14)17(21)18-15-7-4-5-8-16(15)24-3/h4-5,7-8,14H,6,9-13H2,1-3H3,(H,18,21)/t14-/m0/s1. The second-order valence-electron chi connectivity index (χ2n) is 6.54. The molecule has 0 aromatic heterocycles. The van der Waals surface area contributed by atoms with Crippen molar-refractivity contribution in [1.29, 1.82) is 0 Å². The summed E-state index contributed by atoms with van der Waals surface area (Å²) in [6, 6.07) is 6.61. The van der Waals surface area contributed by atoms with E-state index in [0.717, 1.165) is 13.0 Å².